The van der Waals surface area contributed by atoms with E-state index >= 15 is 0 Å². The minimum Gasteiger partial charge on any atom is -0.297 e. The Kier molecular flexibility index (Phi) is 3.89. The highest BCUT2D eigenvalue weighted by Gasteiger charge is 2.11. The SMILES string of the molecule is O=C(Nc1nc(-c2cccc(Cl)c2)ns1)c1cccnc1. The lowest BCUT2D eigenvalue weighted by Gasteiger charge is -1.99. The lowest BCUT2D eigenvalue weighted by atomic mass is 10.2. The molecule has 0 unspecified atom stereocenters. The van der Waals surface area contributed by atoms with E-state index in [2.05, 4.69) is 19.7 Å². The van der Waals surface area contributed by atoms with Gasteiger partial charge in [0, 0.05) is 34.5 Å². The van der Waals surface area contributed by atoms with E-state index in [-0.39, 0.29) is 5.91 Å². The third-order valence-electron chi connectivity index (χ3n) is 2.65. The second-order valence-corrected chi connectivity index (χ2v) is 5.32. The first-order valence-corrected chi connectivity index (χ1v) is 7.18. The number of amides is 1. The molecular formula is C14H9ClN4OS. The second-order valence-electron chi connectivity index (χ2n) is 4.13. The molecule has 0 aliphatic heterocycles. The molecule has 0 saturated heterocycles. The van der Waals surface area contributed by atoms with Gasteiger partial charge in [-0.25, -0.2) is 0 Å². The fourth-order valence-electron chi connectivity index (χ4n) is 1.69. The number of carbonyl (C=O) groups excluding carboxylic acids is 1. The molecule has 7 heteroatoms. The van der Waals surface area contributed by atoms with Crippen LogP contribution >= 0.6 is 23.1 Å². The predicted molar refractivity (Wildman–Crippen MR) is 82.5 cm³/mol. The first kappa shape index (κ1) is 13.7. The van der Waals surface area contributed by atoms with Crippen molar-refractivity contribution in [1.82, 2.24) is 14.3 Å². The van der Waals surface area contributed by atoms with Gasteiger partial charge in [-0.1, -0.05) is 23.7 Å². The highest BCUT2D eigenvalue weighted by Crippen LogP contribution is 2.23. The Labute approximate surface area is 129 Å². The van der Waals surface area contributed by atoms with Crippen LogP contribution in [0.25, 0.3) is 11.4 Å². The topological polar surface area (TPSA) is 67.8 Å². The number of aromatic nitrogens is 3. The fraction of sp³-hybridized carbons (Fsp3) is 0. The summed E-state index contributed by atoms with van der Waals surface area (Å²) < 4.78 is 4.22. The Balaban J connectivity index is 1.78. The zero-order valence-corrected chi connectivity index (χ0v) is 12.2. The Morgan fingerprint density at radius 2 is 2.14 bits per heavy atom. The van der Waals surface area contributed by atoms with Gasteiger partial charge in [0.1, 0.15) is 0 Å². The molecule has 5 nitrogen and oxygen atoms in total. The van der Waals surface area contributed by atoms with Crippen LogP contribution in [-0.2, 0) is 0 Å². The number of hydrogen-bond acceptors (Lipinski definition) is 5. The van der Waals surface area contributed by atoms with Crippen LogP contribution in [0, 0.1) is 0 Å². The number of hydrogen-bond donors (Lipinski definition) is 1. The summed E-state index contributed by atoms with van der Waals surface area (Å²) >= 11 is 7.05. The largest absolute Gasteiger partial charge is 0.297 e. The van der Waals surface area contributed by atoms with Gasteiger partial charge in [0.2, 0.25) is 5.13 Å². The number of nitrogens with one attached hydrogen (secondary N) is 1. The smallest absolute Gasteiger partial charge is 0.259 e. The van der Waals surface area contributed by atoms with Gasteiger partial charge in [0.15, 0.2) is 5.82 Å². The van der Waals surface area contributed by atoms with Crippen molar-refractivity contribution >= 4 is 34.2 Å². The minimum absolute atomic E-state index is 0.267. The number of carbonyl (C=O) groups is 1. The molecule has 3 rings (SSSR count). The summed E-state index contributed by atoms with van der Waals surface area (Å²) in [4.78, 5) is 20.2. The van der Waals surface area contributed by atoms with E-state index in [0.717, 1.165) is 17.1 Å². The third kappa shape index (κ3) is 3.24. The van der Waals surface area contributed by atoms with Gasteiger partial charge in [-0.3, -0.25) is 15.1 Å². The first-order chi connectivity index (χ1) is 10.2. The lowest BCUT2D eigenvalue weighted by Crippen LogP contribution is -2.11. The molecule has 1 amide bonds. The standard InChI is InChI=1S/C14H9ClN4OS/c15-11-5-1-3-9(7-11)12-17-14(21-19-12)18-13(20)10-4-2-6-16-8-10/h1-8H,(H,17,18,19,20). The molecule has 1 aromatic carbocycles. The molecule has 2 aromatic heterocycles. The van der Waals surface area contributed by atoms with Crippen LogP contribution in [0.4, 0.5) is 5.13 Å². The maximum Gasteiger partial charge on any atom is 0.259 e. The molecule has 0 spiro atoms. The van der Waals surface area contributed by atoms with Gasteiger partial charge < -0.3 is 0 Å². The van der Waals surface area contributed by atoms with Gasteiger partial charge in [-0.15, -0.1) is 0 Å². The summed E-state index contributed by atoms with van der Waals surface area (Å²) in [5.41, 5.74) is 1.28. The van der Waals surface area contributed by atoms with E-state index in [1.165, 1.54) is 6.20 Å². The van der Waals surface area contributed by atoms with Crippen LogP contribution in [0.1, 0.15) is 10.4 Å². The first-order valence-electron chi connectivity index (χ1n) is 6.03. The minimum atomic E-state index is -0.267. The molecular weight excluding hydrogens is 308 g/mol. The maximum atomic E-state index is 12.0. The molecule has 0 fully saturated rings. The van der Waals surface area contributed by atoms with Crippen LogP contribution in [0.5, 0.6) is 0 Å². The van der Waals surface area contributed by atoms with E-state index in [9.17, 15) is 4.79 Å². The Hall–Kier alpha value is -2.31. The number of rotatable bonds is 3. The molecule has 0 radical (unpaired) electrons. The van der Waals surface area contributed by atoms with Gasteiger partial charge >= 0.3 is 0 Å². The monoisotopic (exact) mass is 316 g/mol. The summed E-state index contributed by atoms with van der Waals surface area (Å²) in [7, 11) is 0. The summed E-state index contributed by atoms with van der Waals surface area (Å²) in [5, 5.41) is 3.74. The molecule has 1 N–H and O–H groups in total. The van der Waals surface area contributed by atoms with Crippen LogP contribution in [0.3, 0.4) is 0 Å². The predicted octanol–water partition coefficient (Wildman–Crippen LogP) is 3.51. The van der Waals surface area contributed by atoms with Crippen molar-refractivity contribution in [3.05, 3.63) is 59.4 Å². The van der Waals surface area contributed by atoms with E-state index in [4.69, 9.17) is 11.6 Å². The molecule has 0 aliphatic rings. The number of halogens is 1. The van der Waals surface area contributed by atoms with Crippen LogP contribution in [0.15, 0.2) is 48.8 Å². The van der Waals surface area contributed by atoms with E-state index in [0.29, 0.717) is 21.5 Å². The van der Waals surface area contributed by atoms with E-state index < -0.39 is 0 Å². The number of benzene rings is 1. The van der Waals surface area contributed by atoms with Crippen LogP contribution in [0.2, 0.25) is 5.02 Å². The Morgan fingerprint density at radius 1 is 1.24 bits per heavy atom. The number of pyridine rings is 1. The second kappa shape index (κ2) is 5.99. The third-order valence-corrected chi connectivity index (χ3v) is 3.52. The van der Waals surface area contributed by atoms with Crippen LogP contribution < -0.4 is 5.32 Å². The molecule has 3 aromatic rings. The quantitative estimate of drug-likeness (QED) is 0.803. The molecule has 0 aliphatic carbocycles. The number of nitrogens with zero attached hydrogens (tertiary/aromatic N) is 3. The van der Waals surface area contributed by atoms with Gasteiger partial charge in [0.05, 0.1) is 5.56 Å². The molecule has 104 valence electrons. The van der Waals surface area contributed by atoms with Crippen molar-refractivity contribution in [2.45, 2.75) is 0 Å². The van der Waals surface area contributed by atoms with Gasteiger partial charge in [-0.2, -0.15) is 9.36 Å². The van der Waals surface area contributed by atoms with Crippen LogP contribution in [-0.4, -0.2) is 20.2 Å². The molecule has 2 heterocycles. The summed E-state index contributed by atoms with van der Waals surface area (Å²) in [6.45, 7) is 0. The van der Waals surface area contributed by atoms with Crippen molar-refractivity contribution < 1.29 is 4.79 Å². The van der Waals surface area contributed by atoms with Crippen molar-refractivity contribution in [2.24, 2.45) is 0 Å². The zero-order chi connectivity index (χ0) is 14.7. The Bertz CT molecular complexity index is 775. The Morgan fingerprint density at radius 3 is 2.90 bits per heavy atom. The van der Waals surface area contributed by atoms with Gasteiger partial charge in [0.25, 0.3) is 5.91 Å². The lowest BCUT2D eigenvalue weighted by molar-refractivity contribution is 0.102. The zero-order valence-electron chi connectivity index (χ0n) is 10.7. The van der Waals surface area contributed by atoms with Crippen molar-refractivity contribution in [3.8, 4) is 11.4 Å². The number of anilines is 1. The average molecular weight is 317 g/mol. The maximum absolute atomic E-state index is 12.0. The van der Waals surface area contributed by atoms with Crippen molar-refractivity contribution in [3.63, 3.8) is 0 Å². The summed E-state index contributed by atoms with van der Waals surface area (Å²) in [6.07, 6.45) is 3.10. The summed E-state index contributed by atoms with van der Waals surface area (Å²) in [5.74, 6) is 0.265. The molecule has 0 saturated carbocycles. The fourth-order valence-corrected chi connectivity index (χ4v) is 2.46. The summed E-state index contributed by atoms with van der Waals surface area (Å²) in [6, 6.07) is 10.6. The highest BCUT2D eigenvalue weighted by molar-refractivity contribution is 7.10. The van der Waals surface area contributed by atoms with Crippen molar-refractivity contribution in [2.75, 3.05) is 5.32 Å². The average Bonchev–Trinajstić information content (AvgIpc) is 2.97. The molecule has 21 heavy (non-hydrogen) atoms. The van der Waals surface area contributed by atoms with Crippen molar-refractivity contribution in [1.29, 1.82) is 0 Å². The van der Waals surface area contributed by atoms with E-state index in [1.54, 1.807) is 30.5 Å². The molecule has 0 atom stereocenters. The highest BCUT2D eigenvalue weighted by atomic mass is 35.5. The normalized spacial score (nSPS) is 10.3. The molecule has 0 bridgehead atoms. The van der Waals surface area contributed by atoms with Gasteiger partial charge in [-0.05, 0) is 24.3 Å². The van der Waals surface area contributed by atoms with E-state index in [1.807, 2.05) is 12.1 Å².